The molecule has 0 bridgehead atoms. The Kier molecular flexibility index (Phi) is 6.20. The maximum atomic E-state index is 11.9. The number of rotatable bonds is 4. The topological polar surface area (TPSA) is 82.5 Å². The molecule has 0 aromatic carbocycles. The smallest absolute Gasteiger partial charge is 0.253 e. The summed E-state index contributed by atoms with van der Waals surface area (Å²) in [5.74, 6) is 4.59. The van der Waals surface area contributed by atoms with Crippen LogP contribution in [0.1, 0.15) is 22.8 Å². The summed E-state index contributed by atoms with van der Waals surface area (Å²) in [6.07, 6.45) is 2.89. The van der Waals surface area contributed by atoms with E-state index in [9.17, 15) is 9.59 Å². The number of nitrogens with zero attached hydrogens (tertiary/aromatic N) is 2. The third-order valence-corrected chi connectivity index (χ3v) is 2.61. The van der Waals surface area contributed by atoms with Crippen LogP contribution in [-0.4, -0.2) is 53.5 Å². The molecule has 6 nitrogen and oxygen atoms in total. The van der Waals surface area contributed by atoms with E-state index in [1.807, 2.05) is 6.92 Å². The quantitative estimate of drug-likeness (QED) is 0.735. The van der Waals surface area contributed by atoms with Crippen molar-refractivity contribution in [2.24, 2.45) is 0 Å². The van der Waals surface area contributed by atoms with Gasteiger partial charge in [-0.25, -0.2) is 0 Å². The van der Waals surface area contributed by atoms with Crippen molar-refractivity contribution >= 4 is 11.8 Å². The second kappa shape index (κ2) is 7.92. The average Bonchev–Trinajstić information content (AvgIpc) is 2.49. The highest BCUT2D eigenvalue weighted by Gasteiger charge is 2.10. The number of nitrogens with one attached hydrogen (secondary N) is 1. The third-order valence-electron chi connectivity index (χ3n) is 2.61. The normalized spacial score (nSPS) is 9.35. The maximum absolute atomic E-state index is 11.9. The van der Waals surface area contributed by atoms with Gasteiger partial charge < -0.3 is 15.3 Å². The Morgan fingerprint density at radius 3 is 2.85 bits per heavy atom. The molecule has 0 aliphatic carbocycles. The first kappa shape index (κ1) is 15.7. The first-order valence-electron chi connectivity index (χ1n) is 6.15. The van der Waals surface area contributed by atoms with E-state index in [0.29, 0.717) is 17.7 Å². The van der Waals surface area contributed by atoms with Crippen LogP contribution in [-0.2, 0) is 4.79 Å². The highest BCUT2D eigenvalue weighted by Crippen LogP contribution is 2.01. The van der Waals surface area contributed by atoms with Gasteiger partial charge in [0.15, 0.2) is 0 Å². The summed E-state index contributed by atoms with van der Waals surface area (Å²) < 4.78 is 0. The van der Waals surface area contributed by atoms with Crippen molar-refractivity contribution in [2.45, 2.75) is 6.92 Å². The van der Waals surface area contributed by atoms with Gasteiger partial charge in [0.1, 0.15) is 6.61 Å². The number of hydrogen-bond donors (Lipinski definition) is 2. The zero-order valence-corrected chi connectivity index (χ0v) is 11.5. The minimum Gasteiger partial charge on any atom is -0.384 e. The van der Waals surface area contributed by atoms with E-state index < -0.39 is 0 Å². The van der Waals surface area contributed by atoms with Gasteiger partial charge in [-0.1, -0.05) is 11.8 Å². The van der Waals surface area contributed by atoms with E-state index >= 15 is 0 Å². The molecular formula is C14H17N3O3. The number of likely N-dealkylation sites (N-methyl/N-ethyl adjacent to an activating group) is 1. The molecule has 0 unspecified atom stereocenters. The Labute approximate surface area is 117 Å². The van der Waals surface area contributed by atoms with Crippen LogP contribution < -0.4 is 5.32 Å². The minimum absolute atomic E-state index is 0.0598. The van der Waals surface area contributed by atoms with Crippen LogP contribution in [0, 0.1) is 11.8 Å². The van der Waals surface area contributed by atoms with Crippen LogP contribution in [0.4, 0.5) is 0 Å². The third kappa shape index (κ3) is 4.71. The van der Waals surface area contributed by atoms with Crippen LogP contribution >= 0.6 is 0 Å². The van der Waals surface area contributed by atoms with Crippen LogP contribution in [0.2, 0.25) is 0 Å². The fourth-order valence-corrected chi connectivity index (χ4v) is 1.34. The first-order chi connectivity index (χ1) is 9.58. The SMILES string of the molecule is CCN(C)C(=O)CNC(=O)c1cncc(C#CCO)c1. The lowest BCUT2D eigenvalue weighted by Crippen LogP contribution is -2.38. The van der Waals surface area contributed by atoms with Crippen molar-refractivity contribution in [3.8, 4) is 11.8 Å². The number of carbonyl (C=O) groups is 2. The number of aromatic nitrogens is 1. The zero-order chi connectivity index (χ0) is 15.0. The van der Waals surface area contributed by atoms with Crippen molar-refractivity contribution in [3.05, 3.63) is 29.6 Å². The lowest BCUT2D eigenvalue weighted by Gasteiger charge is -2.14. The van der Waals surface area contributed by atoms with Gasteiger partial charge >= 0.3 is 0 Å². The fourth-order valence-electron chi connectivity index (χ4n) is 1.34. The monoisotopic (exact) mass is 275 g/mol. The lowest BCUT2D eigenvalue weighted by atomic mass is 10.2. The van der Waals surface area contributed by atoms with E-state index in [1.54, 1.807) is 13.1 Å². The fraction of sp³-hybridized carbons (Fsp3) is 0.357. The number of amides is 2. The molecule has 6 heteroatoms. The molecule has 0 spiro atoms. The van der Waals surface area contributed by atoms with Crippen LogP contribution in [0.15, 0.2) is 18.5 Å². The summed E-state index contributed by atoms with van der Waals surface area (Å²) >= 11 is 0. The van der Waals surface area contributed by atoms with Crippen molar-refractivity contribution in [3.63, 3.8) is 0 Å². The van der Waals surface area contributed by atoms with Crippen LogP contribution in [0.25, 0.3) is 0 Å². The van der Waals surface area contributed by atoms with Gasteiger partial charge in [0.2, 0.25) is 5.91 Å². The second-order valence-electron chi connectivity index (χ2n) is 4.01. The van der Waals surface area contributed by atoms with Gasteiger partial charge in [0.25, 0.3) is 5.91 Å². The van der Waals surface area contributed by atoms with E-state index in [2.05, 4.69) is 22.1 Å². The first-order valence-corrected chi connectivity index (χ1v) is 6.15. The molecule has 1 rings (SSSR count). The summed E-state index contributed by atoms with van der Waals surface area (Å²) in [7, 11) is 1.67. The van der Waals surface area contributed by atoms with Crippen molar-refractivity contribution in [1.29, 1.82) is 0 Å². The van der Waals surface area contributed by atoms with E-state index in [-0.39, 0.29) is 25.0 Å². The molecule has 0 aliphatic heterocycles. The van der Waals surface area contributed by atoms with Crippen LogP contribution in [0.3, 0.4) is 0 Å². The molecule has 0 aliphatic rings. The predicted octanol–water partition coefficient (Wildman–Crippen LogP) is -0.367. The predicted molar refractivity (Wildman–Crippen MR) is 73.8 cm³/mol. The van der Waals surface area contributed by atoms with E-state index in [0.717, 1.165) is 0 Å². The number of hydrogen-bond acceptors (Lipinski definition) is 4. The summed E-state index contributed by atoms with van der Waals surface area (Å²) in [5, 5.41) is 11.1. The lowest BCUT2D eigenvalue weighted by molar-refractivity contribution is -0.128. The molecule has 0 saturated heterocycles. The molecule has 1 aromatic heterocycles. The molecule has 0 radical (unpaired) electrons. The standard InChI is InChI=1S/C14H17N3O3/c1-3-17(2)13(19)10-16-14(20)12-7-11(5-4-6-18)8-15-9-12/h7-9,18H,3,6,10H2,1-2H3,(H,16,20). The van der Waals surface area contributed by atoms with Crippen molar-refractivity contribution < 1.29 is 14.7 Å². The highest BCUT2D eigenvalue weighted by atomic mass is 16.2. The summed E-state index contributed by atoms with van der Waals surface area (Å²) in [6, 6.07) is 1.55. The Balaban J connectivity index is 2.66. The van der Waals surface area contributed by atoms with Gasteiger partial charge in [-0.2, -0.15) is 0 Å². The Morgan fingerprint density at radius 1 is 1.45 bits per heavy atom. The van der Waals surface area contributed by atoms with Gasteiger partial charge in [-0.15, -0.1) is 0 Å². The molecule has 0 fully saturated rings. The zero-order valence-electron chi connectivity index (χ0n) is 11.5. The summed E-state index contributed by atoms with van der Waals surface area (Å²) in [6.45, 7) is 2.12. The van der Waals surface area contributed by atoms with E-state index in [4.69, 9.17) is 5.11 Å². The molecule has 2 N–H and O–H groups in total. The van der Waals surface area contributed by atoms with Gasteiger partial charge in [0, 0.05) is 31.5 Å². The van der Waals surface area contributed by atoms with Gasteiger partial charge in [-0.3, -0.25) is 14.6 Å². The Morgan fingerprint density at radius 2 is 2.20 bits per heavy atom. The molecule has 0 atom stereocenters. The second-order valence-corrected chi connectivity index (χ2v) is 4.01. The molecule has 0 saturated carbocycles. The number of pyridine rings is 1. The number of carbonyl (C=O) groups excluding carboxylic acids is 2. The van der Waals surface area contributed by atoms with Crippen molar-refractivity contribution in [2.75, 3.05) is 26.7 Å². The number of aliphatic hydroxyl groups is 1. The van der Waals surface area contributed by atoms with Crippen molar-refractivity contribution in [1.82, 2.24) is 15.2 Å². The Hall–Kier alpha value is -2.39. The molecule has 1 aromatic rings. The van der Waals surface area contributed by atoms with Crippen LogP contribution in [0.5, 0.6) is 0 Å². The minimum atomic E-state index is -0.386. The Bertz CT molecular complexity index is 546. The maximum Gasteiger partial charge on any atom is 0.253 e. The largest absolute Gasteiger partial charge is 0.384 e. The molecule has 20 heavy (non-hydrogen) atoms. The van der Waals surface area contributed by atoms with Gasteiger partial charge in [0.05, 0.1) is 12.1 Å². The molecule has 2 amide bonds. The van der Waals surface area contributed by atoms with E-state index in [1.165, 1.54) is 17.3 Å². The highest BCUT2D eigenvalue weighted by molar-refractivity contribution is 5.96. The molecule has 1 heterocycles. The summed E-state index contributed by atoms with van der Waals surface area (Å²) in [5.41, 5.74) is 0.852. The summed E-state index contributed by atoms with van der Waals surface area (Å²) in [4.78, 5) is 28.8. The number of aliphatic hydroxyl groups excluding tert-OH is 1. The van der Waals surface area contributed by atoms with Gasteiger partial charge in [-0.05, 0) is 13.0 Å². The average molecular weight is 275 g/mol. The molecular weight excluding hydrogens is 258 g/mol. The molecule has 106 valence electrons.